The summed E-state index contributed by atoms with van der Waals surface area (Å²) in [5.41, 5.74) is 0.635. The molecule has 0 amide bonds. The van der Waals surface area contributed by atoms with Crippen LogP contribution in [0.25, 0.3) is 0 Å². The summed E-state index contributed by atoms with van der Waals surface area (Å²) in [6.07, 6.45) is 3.27. The first-order valence-electron chi connectivity index (χ1n) is 6.82. The predicted octanol–water partition coefficient (Wildman–Crippen LogP) is 3.51. The number of rotatable bonds is 9. The second kappa shape index (κ2) is 9.06. The molecule has 0 aromatic heterocycles. The van der Waals surface area contributed by atoms with Crippen LogP contribution in [-0.2, 0) is 11.3 Å². The number of hydrogen-bond donors (Lipinski definition) is 1. The predicted molar refractivity (Wildman–Crippen MR) is 73.0 cm³/mol. The largest absolute Gasteiger partial charge is 0.377 e. The molecule has 18 heavy (non-hydrogen) atoms. The smallest absolute Gasteiger partial charge is 0.128 e. The van der Waals surface area contributed by atoms with Crippen molar-refractivity contribution in [3.8, 4) is 0 Å². The summed E-state index contributed by atoms with van der Waals surface area (Å²) in [5, 5.41) is 3.43. The molecule has 102 valence electrons. The van der Waals surface area contributed by atoms with E-state index in [-0.39, 0.29) is 5.82 Å². The van der Waals surface area contributed by atoms with E-state index in [0.29, 0.717) is 24.8 Å². The lowest BCUT2D eigenvalue weighted by Crippen LogP contribution is -2.28. The first kappa shape index (κ1) is 15.1. The van der Waals surface area contributed by atoms with Gasteiger partial charge in [-0.15, -0.1) is 0 Å². The molecule has 0 saturated heterocycles. The fourth-order valence-electron chi connectivity index (χ4n) is 1.97. The van der Waals surface area contributed by atoms with Crippen LogP contribution < -0.4 is 5.32 Å². The molecule has 0 bridgehead atoms. The molecule has 0 aliphatic heterocycles. The Bertz CT molecular complexity index is 330. The Labute approximate surface area is 110 Å². The van der Waals surface area contributed by atoms with Crippen molar-refractivity contribution in [3.63, 3.8) is 0 Å². The maximum Gasteiger partial charge on any atom is 0.128 e. The molecule has 0 spiro atoms. The molecule has 0 saturated carbocycles. The van der Waals surface area contributed by atoms with E-state index in [1.54, 1.807) is 12.1 Å². The quantitative estimate of drug-likeness (QED) is 0.680. The van der Waals surface area contributed by atoms with Crippen LogP contribution in [-0.4, -0.2) is 19.2 Å². The molecule has 0 radical (unpaired) electrons. The molecule has 0 aliphatic rings. The first-order chi connectivity index (χ1) is 8.77. The van der Waals surface area contributed by atoms with Crippen molar-refractivity contribution in [2.45, 2.75) is 45.8 Å². The molecule has 3 heteroatoms. The Balaban J connectivity index is 2.13. The standard InChI is InChI=1S/C15H24FNO/c1-3-14(17-4-2)9-7-11-18-12-13-8-5-6-10-15(13)16/h5-6,8,10,14,17H,3-4,7,9,11-12H2,1-2H3. The van der Waals surface area contributed by atoms with Crippen molar-refractivity contribution in [3.05, 3.63) is 35.6 Å². The van der Waals surface area contributed by atoms with Crippen LogP contribution >= 0.6 is 0 Å². The Hall–Kier alpha value is -0.930. The minimum absolute atomic E-state index is 0.184. The lowest BCUT2D eigenvalue weighted by atomic mass is 10.1. The van der Waals surface area contributed by atoms with Gasteiger partial charge >= 0.3 is 0 Å². The molecular formula is C15H24FNO. The van der Waals surface area contributed by atoms with Gasteiger partial charge in [-0.05, 0) is 31.9 Å². The highest BCUT2D eigenvalue weighted by atomic mass is 19.1. The van der Waals surface area contributed by atoms with Gasteiger partial charge in [0.05, 0.1) is 6.61 Å². The molecule has 0 aliphatic carbocycles. The monoisotopic (exact) mass is 253 g/mol. The van der Waals surface area contributed by atoms with Crippen LogP contribution in [0.3, 0.4) is 0 Å². The fourth-order valence-corrected chi connectivity index (χ4v) is 1.97. The van der Waals surface area contributed by atoms with E-state index in [9.17, 15) is 4.39 Å². The molecule has 1 unspecified atom stereocenters. The van der Waals surface area contributed by atoms with Gasteiger partial charge in [0, 0.05) is 18.2 Å². The number of ether oxygens (including phenoxy) is 1. The number of halogens is 1. The third kappa shape index (κ3) is 5.61. The van der Waals surface area contributed by atoms with Gasteiger partial charge in [0.15, 0.2) is 0 Å². The van der Waals surface area contributed by atoms with Crippen molar-refractivity contribution in [2.75, 3.05) is 13.2 Å². The van der Waals surface area contributed by atoms with Gasteiger partial charge in [-0.1, -0.05) is 32.0 Å². The summed E-state index contributed by atoms with van der Waals surface area (Å²) >= 11 is 0. The summed E-state index contributed by atoms with van der Waals surface area (Å²) in [6, 6.07) is 7.34. The zero-order valence-corrected chi connectivity index (χ0v) is 11.4. The minimum atomic E-state index is -0.184. The summed E-state index contributed by atoms with van der Waals surface area (Å²) in [6.45, 7) is 6.38. The van der Waals surface area contributed by atoms with Gasteiger partial charge in [0.2, 0.25) is 0 Å². The van der Waals surface area contributed by atoms with Crippen molar-refractivity contribution in [1.82, 2.24) is 5.32 Å². The number of benzene rings is 1. The van der Waals surface area contributed by atoms with E-state index in [1.165, 1.54) is 6.07 Å². The molecule has 1 atom stereocenters. The fraction of sp³-hybridized carbons (Fsp3) is 0.600. The maximum absolute atomic E-state index is 13.3. The normalized spacial score (nSPS) is 12.6. The SMILES string of the molecule is CCNC(CC)CCCOCc1ccccc1F. The van der Waals surface area contributed by atoms with Gasteiger partial charge in [-0.3, -0.25) is 0 Å². The lowest BCUT2D eigenvalue weighted by Gasteiger charge is -2.15. The molecule has 1 rings (SSSR count). The Morgan fingerprint density at radius 2 is 2.06 bits per heavy atom. The van der Waals surface area contributed by atoms with Gasteiger partial charge in [0.25, 0.3) is 0 Å². The van der Waals surface area contributed by atoms with Crippen LogP contribution in [0.15, 0.2) is 24.3 Å². The Morgan fingerprint density at radius 1 is 1.28 bits per heavy atom. The van der Waals surface area contributed by atoms with Crippen molar-refractivity contribution >= 4 is 0 Å². The lowest BCUT2D eigenvalue weighted by molar-refractivity contribution is 0.112. The van der Waals surface area contributed by atoms with Gasteiger partial charge in [-0.25, -0.2) is 4.39 Å². The van der Waals surface area contributed by atoms with Crippen LogP contribution in [0.4, 0.5) is 4.39 Å². The van der Waals surface area contributed by atoms with Crippen LogP contribution in [0.5, 0.6) is 0 Å². The highest BCUT2D eigenvalue weighted by Crippen LogP contribution is 2.08. The van der Waals surface area contributed by atoms with E-state index in [2.05, 4.69) is 19.2 Å². The summed E-state index contributed by atoms with van der Waals surface area (Å²) in [4.78, 5) is 0. The van der Waals surface area contributed by atoms with Crippen molar-refractivity contribution in [1.29, 1.82) is 0 Å². The average molecular weight is 253 g/mol. The summed E-state index contributed by atoms with van der Waals surface area (Å²) in [7, 11) is 0. The maximum atomic E-state index is 13.3. The number of nitrogens with one attached hydrogen (secondary N) is 1. The Morgan fingerprint density at radius 3 is 2.72 bits per heavy atom. The molecule has 0 fully saturated rings. The zero-order chi connectivity index (χ0) is 13.2. The van der Waals surface area contributed by atoms with Crippen molar-refractivity contribution < 1.29 is 9.13 Å². The second-order valence-electron chi connectivity index (χ2n) is 4.45. The molecule has 1 N–H and O–H groups in total. The average Bonchev–Trinajstić information content (AvgIpc) is 2.39. The highest BCUT2D eigenvalue weighted by molar-refractivity contribution is 5.16. The Kier molecular flexibility index (Phi) is 7.62. The topological polar surface area (TPSA) is 21.3 Å². The van der Waals surface area contributed by atoms with E-state index < -0.39 is 0 Å². The van der Waals surface area contributed by atoms with E-state index in [4.69, 9.17) is 4.74 Å². The molecule has 0 heterocycles. The molecular weight excluding hydrogens is 229 g/mol. The first-order valence-corrected chi connectivity index (χ1v) is 6.82. The second-order valence-corrected chi connectivity index (χ2v) is 4.45. The van der Waals surface area contributed by atoms with Gasteiger partial charge in [-0.2, -0.15) is 0 Å². The third-order valence-electron chi connectivity index (χ3n) is 3.04. The van der Waals surface area contributed by atoms with Crippen LogP contribution in [0.1, 0.15) is 38.7 Å². The molecule has 1 aromatic carbocycles. The van der Waals surface area contributed by atoms with E-state index in [1.807, 2.05) is 6.07 Å². The molecule has 2 nitrogen and oxygen atoms in total. The minimum Gasteiger partial charge on any atom is -0.377 e. The van der Waals surface area contributed by atoms with E-state index >= 15 is 0 Å². The summed E-state index contributed by atoms with van der Waals surface area (Å²) < 4.78 is 18.8. The van der Waals surface area contributed by atoms with Crippen molar-refractivity contribution in [2.24, 2.45) is 0 Å². The zero-order valence-electron chi connectivity index (χ0n) is 11.4. The highest BCUT2D eigenvalue weighted by Gasteiger charge is 2.04. The van der Waals surface area contributed by atoms with Gasteiger partial charge in [0.1, 0.15) is 5.82 Å². The van der Waals surface area contributed by atoms with Crippen LogP contribution in [0.2, 0.25) is 0 Å². The van der Waals surface area contributed by atoms with Crippen LogP contribution in [0, 0.1) is 5.82 Å². The molecule has 1 aromatic rings. The number of hydrogen-bond acceptors (Lipinski definition) is 2. The van der Waals surface area contributed by atoms with Gasteiger partial charge < -0.3 is 10.1 Å². The summed E-state index contributed by atoms with van der Waals surface area (Å²) in [5.74, 6) is -0.184. The van der Waals surface area contributed by atoms with E-state index in [0.717, 1.165) is 25.8 Å². The third-order valence-corrected chi connectivity index (χ3v) is 3.04.